The van der Waals surface area contributed by atoms with Crippen LogP contribution in [0.15, 0.2) is 48.5 Å². The van der Waals surface area contributed by atoms with Gasteiger partial charge in [-0.2, -0.15) is 0 Å². The van der Waals surface area contributed by atoms with Gasteiger partial charge in [-0.3, -0.25) is 0 Å². The number of halogens is 1. The van der Waals surface area contributed by atoms with Crippen molar-refractivity contribution < 1.29 is 9.64 Å². The van der Waals surface area contributed by atoms with Crippen molar-refractivity contribution in [1.82, 2.24) is 5.32 Å². The first-order valence-electron chi connectivity index (χ1n) is 8.91. The SMILES string of the molecule is Cc1ccc([C@H](C[NH+]2CCOCC2)NC(=S)Nc2ccc(Cl)cc2)cc1. The zero-order valence-electron chi connectivity index (χ0n) is 14.9. The minimum atomic E-state index is 0.149. The fourth-order valence-corrected chi connectivity index (χ4v) is 3.45. The largest absolute Gasteiger partial charge is 0.370 e. The molecule has 3 N–H and O–H groups in total. The van der Waals surface area contributed by atoms with Gasteiger partial charge in [0, 0.05) is 10.7 Å². The fraction of sp³-hybridized carbons (Fsp3) is 0.350. The smallest absolute Gasteiger partial charge is 0.171 e. The highest BCUT2D eigenvalue weighted by Crippen LogP contribution is 2.15. The number of hydrogen-bond acceptors (Lipinski definition) is 2. The van der Waals surface area contributed by atoms with Crippen LogP contribution in [0.3, 0.4) is 0 Å². The molecule has 4 nitrogen and oxygen atoms in total. The standard InChI is InChI=1S/C20H24ClN3OS/c1-15-2-4-16(5-3-15)19(14-24-10-12-25-13-11-24)23-20(26)22-18-8-6-17(21)7-9-18/h2-9,19H,10-14H2,1H3,(H2,22,23,26)/p+1/t19-/m0/s1. The highest BCUT2D eigenvalue weighted by atomic mass is 35.5. The number of morpholine rings is 1. The lowest BCUT2D eigenvalue weighted by Crippen LogP contribution is -3.14. The Hall–Kier alpha value is -1.66. The molecule has 2 aromatic rings. The van der Waals surface area contributed by atoms with Crippen LogP contribution < -0.4 is 15.5 Å². The lowest BCUT2D eigenvalue weighted by atomic mass is 10.0. The Kier molecular flexibility index (Phi) is 6.86. The van der Waals surface area contributed by atoms with E-state index in [1.165, 1.54) is 16.0 Å². The van der Waals surface area contributed by atoms with Crippen LogP contribution in [0.25, 0.3) is 0 Å². The molecule has 1 atom stereocenters. The molecule has 0 spiro atoms. The second-order valence-electron chi connectivity index (χ2n) is 6.64. The number of benzene rings is 2. The molecule has 0 unspecified atom stereocenters. The van der Waals surface area contributed by atoms with Crippen molar-refractivity contribution in [3.63, 3.8) is 0 Å². The first kappa shape index (κ1) is 19.1. The first-order chi connectivity index (χ1) is 12.6. The molecule has 6 heteroatoms. The molecular weight excluding hydrogens is 366 g/mol. The molecule has 1 aliphatic heterocycles. The van der Waals surface area contributed by atoms with E-state index in [0.29, 0.717) is 10.1 Å². The van der Waals surface area contributed by atoms with Crippen molar-refractivity contribution >= 4 is 34.6 Å². The van der Waals surface area contributed by atoms with Gasteiger partial charge in [0.25, 0.3) is 0 Å². The molecule has 26 heavy (non-hydrogen) atoms. The maximum Gasteiger partial charge on any atom is 0.171 e. The molecule has 0 aromatic heterocycles. The van der Waals surface area contributed by atoms with E-state index in [9.17, 15) is 0 Å². The highest BCUT2D eigenvalue weighted by Gasteiger charge is 2.22. The van der Waals surface area contributed by atoms with Gasteiger partial charge in [-0.1, -0.05) is 41.4 Å². The number of quaternary nitrogens is 1. The zero-order chi connectivity index (χ0) is 18.4. The number of thiocarbonyl (C=S) groups is 1. The van der Waals surface area contributed by atoms with E-state index >= 15 is 0 Å². The van der Waals surface area contributed by atoms with E-state index in [1.807, 2.05) is 24.3 Å². The number of hydrogen-bond donors (Lipinski definition) is 3. The van der Waals surface area contributed by atoms with E-state index in [2.05, 4.69) is 41.8 Å². The number of rotatable bonds is 5. The third-order valence-corrected chi connectivity index (χ3v) is 5.05. The van der Waals surface area contributed by atoms with Crippen molar-refractivity contribution in [1.29, 1.82) is 0 Å². The number of aryl methyl sites for hydroxylation is 1. The van der Waals surface area contributed by atoms with Crippen molar-refractivity contribution in [2.45, 2.75) is 13.0 Å². The van der Waals surface area contributed by atoms with Crippen LogP contribution >= 0.6 is 23.8 Å². The van der Waals surface area contributed by atoms with Crippen molar-refractivity contribution in [3.05, 3.63) is 64.7 Å². The van der Waals surface area contributed by atoms with E-state index < -0.39 is 0 Å². The summed E-state index contributed by atoms with van der Waals surface area (Å²) in [6.07, 6.45) is 0. The van der Waals surface area contributed by atoms with Crippen molar-refractivity contribution in [3.8, 4) is 0 Å². The summed E-state index contributed by atoms with van der Waals surface area (Å²) in [5, 5.41) is 8.06. The molecule has 1 heterocycles. The lowest BCUT2D eigenvalue weighted by Gasteiger charge is -2.29. The summed E-state index contributed by atoms with van der Waals surface area (Å²) < 4.78 is 5.48. The predicted octanol–water partition coefficient (Wildman–Crippen LogP) is 2.59. The summed E-state index contributed by atoms with van der Waals surface area (Å²) in [7, 11) is 0. The third kappa shape index (κ3) is 5.68. The van der Waals surface area contributed by atoms with Crippen LogP contribution in [-0.2, 0) is 4.74 Å². The topological polar surface area (TPSA) is 37.7 Å². The maximum atomic E-state index is 5.94. The average molecular weight is 391 g/mol. The second-order valence-corrected chi connectivity index (χ2v) is 7.48. The van der Waals surface area contributed by atoms with Crippen LogP contribution in [-0.4, -0.2) is 38.0 Å². The van der Waals surface area contributed by atoms with Gasteiger partial charge in [0.2, 0.25) is 0 Å². The van der Waals surface area contributed by atoms with Gasteiger partial charge >= 0.3 is 0 Å². The summed E-state index contributed by atoms with van der Waals surface area (Å²) in [5.74, 6) is 0. The normalized spacial score (nSPS) is 16.1. The molecular formula is C20H25ClN3OS+. The van der Waals surface area contributed by atoms with Gasteiger partial charge in [0.15, 0.2) is 5.11 Å². The van der Waals surface area contributed by atoms with E-state index in [4.69, 9.17) is 28.6 Å². The fourth-order valence-electron chi connectivity index (χ4n) is 3.06. The van der Waals surface area contributed by atoms with E-state index in [1.54, 1.807) is 0 Å². The Labute approximate surface area is 165 Å². The predicted molar refractivity (Wildman–Crippen MR) is 111 cm³/mol. The third-order valence-electron chi connectivity index (χ3n) is 4.58. The summed E-state index contributed by atoms with van der Waals surface area (Å²) >= 11 is 11.5. The second kappa shape index (κ2) is 9.33. The summed E-state index contributed by atoms with van der Waals surface area (Å²) in [5.41, 5.74) is 3.43. The Morgan fingerprint density at radius 2 is 1.77 bits per heavy atom. The molecule has 0 aliphatic carbocycles. The van der Waals surface area contributed by atoms with Gasteiger partial charge in [0.1, 0.15) is 25.7 Å². The average Bonchev–Trinajstić information content (AvgIpc) is 2.65. The van der Waals surface area contributed by atoms with Gasteiger partial charge in [-0.05, 0) is 49.0 Å². The van der Waals surface area contributed by atoms with Crippen LogP contribution in [0.2, 0.25) is 5.02 Å². The first-order valence-corrected chi connectivity index (χ1v) is 9.70. The van der Waals surface area contributed by atoms with Gasteiger partial charge in [-0.25, -0.2) is 0 Å². The molecule has 1 fully saturated rings. The van der Waals surface area contributed by atoms with Crippen LogP contribution in [0.5, 0.6) is 0 Å². The molecule has 0 bridgehead atoms. The monoisotopic (exact) mass is 390 g/mol. The summed E-state index contributed by atoms with van der Waals surface area (Å²) in [6.45, 7) is 6.77. The molecule has 138 valence electrons. The molecule has 0 radical (unpaired) electrons. The number of nitrogens with one attached hydrogen (secondary N) is 3. The molecule has 2 aromatic carbocycles. The Bertz CT molecular complexity index is 715. The molecule has 1 aliphatic rings. The van der Waals surface area contributed by atoms with Gasteiger partial charge < -0.3 is 20.3 Å². The van der Waals surface area contributed by atoms with E-state index in [-0.39, 0.29) is 6.04 Å². The summed E-state index contributed by atoms with van der Waals surface area (Å²) in [4.78, 5) is 1.53. The molecule has 0 saturated carbocycles. The van der Waals surface area contributed by atoms with Crippen molar-refractivity contribution in [2.24, 2.45) is 0 Å². The van der Waals surface area contributed by atoms with E-state index in [0.717, 1.165) is 38.5 Å². The lowest BCUT2D eigenvalue weighted by molar-refractivity contribution is -0.909. The quantitative estimate of drug-likeness (QED) is 0.686. The van der Waals surface area contributed by atoms with Crippen molar-refractivity contribution in [2.75, 3.05) is 38.2 Å². The minimum Gasteiger partial charge on any atom is -0.370 e. The van der Waals surface area contributed by atoms with Crippen LogP contribution in [0.4, 0.5) is 5.69 Å². The van der Waals surface area contributed by atoms with Crippen LogP contribution in [0, 0.1) is 6.92 Å². The van der Waals surface area contributed by atoms with Crippen LogP contribution in [0.1, 0.15) is 17.2 Å². The van der Waals surface area contributed by atoms with Gasteiger partial charge in [0.05, 0.1) is 13.2 Å². The molecule has 0 amide bonds. The Morgan fingerprint density at radius 3 is 2.42 bits per heavy atom. The minimum absolute atomic E-state index is 0.149. The maximum absolute atomic E-state index is 5.94. The molecule has 3 rings (SSSR count). The Morgan fingerprint density at radius 1 is 1.12 bits per heavy atom. The zero-order valence-corrected chi connectivity index (χ0v) is 16.5. The highest BCUT2D eigenvalue weighted by molar-refractivity contribution is 7.80. The number of anilines is 1. The summed E-state index contributed by atoms with van der Waals surface area (Å²) in [6, 6.07) is 16.3. The Balaban J connectivity index is 1.68. The molecule has 1 saturated heterocycles. The van der Waals surface area contributed by atoms with Gasteiger partial charge in [-0.15, -0.1) is 0 Å². The number of ether oxygens (including phenoxy) is 1.